The number of hydrogen-bond acceptors (Lipinski definition) is 8. The Hall–Kier alpha value is -2.53. The fraction of sp³-hybridized carbons (Fsp3) is 0.227. The molecule has 0 spiro atoms. The number of ether oxygens (including phenoxy) is 1. The smallest absolute Gasteiger partial charge is 0.447 e. The molecule has 0 aliphatic heterocycles. The molecule has 3 rings (SSSR count). The molecule has 1 N–H and O–H groups in total. The largest absolute Gasteiger partial charge is 2.00 e. The number of allylic oxidation sites excluding steroid dienone is 3. The molecule has 1 saturated carbocycles. The average molecular weight is 572 g/mol. The molecule has 0 radical (unpaired) electrons. The number of hydrogen-bond donors (Lipinski definition) is 1. The van der Waals surface area contributed by atoms with Crippen molar-refractivity contribution in [2.24, 2.45) is 5.92 Å². The maximum absolute atomic E-state index is 12.2. The van der Waals surface area contributed by atoms with Crippen molar-refractivity contribution in [3.05, 3.63) is 58.6 Å². The van der Waals surface area contributed by atoms with E-state index < -0.39 is 6.61 Å². The number of pyridine rings is 1. The van der Waals surface area contributed by atoms with E-state index in [9.17, 15) is 23.2 Å². The van der Waals surface area contributed by atoms with Gasteiger partial charge >= 0.3 is 42.0 Å². The van der Waals surface area contributed by atoms with Gasteiger partial charge in [-0.05, 0) is 19.1 Å². The molecule has 36 heavy (non-hydrogen) atoms. The Bertz CT molecular complexity index is 1090. The van der Waals surface area contributed by atoms with Crippen LogP contribution in [0, 0.1) is 36.8 Å². The summed E-state index contributed by atoms with van der Waals surface area (Å²) in [5, 5.41) is 10.3. The van der Waals surface area contributed by atoms with Gasteiger partial charge in [-0.15, -0.1) is 17.4 Å². The molecule has 0 bridgehead atoms. The monoisotopic (exact) mass is 570 g/mol. The third-order valence-corrected chi connectivity index (χ3v) is 4.26. The minimum atomic E-state index is -3.11. The Kier molecular flexibility index (Phi) is 19.4. The zero-order valence-electron chi connectivity index (χ0n) is 18.9. The Morgan fingerprint density at radius 3 is 2.56 bits per heavy atom. The van der Waals surface area contributed by atoms with Crippen molar-refractivity contribution in [1.82, 2.24) is 20.5 Å². The predicted octanol–water partition coefficient (Wildman–Crippen LogP) is -0.0336. The molecule has 1 aliphatic carbocycles. The van der Waals surface area contributed by atoms with Gasteiger partial charge in [-0.2, -0.15) is 8.78 Å². The van der Waals surface area contributed by atoms with Crippen molar-refractivity contribution in [2.75, 3.05) is 7.05 Å². The van der Waals surface area contributed by atoms with Crippen LogP contribution in [-0.4, -0.2) is 47.3 Å². The zero-order chi connectivity index (χ0) is 25.5. The molecule has 2 aromatic rings. The molecule has 0 atom stereocenters. The predicted molar refractivity (Wildman–Crippen MR) is 121 cm³/mol. The van der Waals surface area contributed by atoms with Crippen LogP contribution in [0.5, 0.6) is 5.75 Å². The Morgan fingerprint density at radius 2 is 2.11 bits per heavy atom. The summed E-state index contributed by atoms with van der Waals surface area (Å²) in [4.78, 5) is 34.0. The second-order valence-corrected chi connectivity index (χ2v) is 7.15. The van der Waals surface area contributed by atoms with Gasteiger partial charge in [0.15, 0.2) is 0 Å². The number of nitrogens with one attached hydrogen (secondary N) is 1. The first kappa shape index (κ1) is 35.6. The standard InChI is InChI=1S/C12H5ClF2NO3.C7H5N2S.C3H6NO.Li.Ni/c1-7(8(6-18)2-3-17)9-4-11(13)16-5-10(9)19-12(14)15;1-2-6(1)3-4-7-9-8-5-10-7;1-3(5)4-2;;/h1-2,4-5,12H;6H,1-2H2;1H2,2H3,(H,4,5);;/q-3;2*-1;+1;+2/b8-2-;;;;. The normalized spacial score (nSPS) is 11.3. The SMILES string of the molecule is C(#CC1CC1)c1nn[c-]s1.[CH-]=C(/C([C-]=O)=C\[C-]=O)c1cc(Cl)ncc1OC(F)F.[CH2-]C(=O)NC.[Li+].[Ni+2]. The van der Waals surface area contributed by atoms with Crippen molar-refractivity contribution in [2.45, 2.75) is 19.5 Å². The van der Waals surface area contributed by atoms with Gasteiger partial charge in [-0.3, -0.25) is 17.8 Å². The van der Waals surface area contributed by atoms with Crippen molar-refractivity contribution < 1.29 is 63.3 Å². The second kappa shape index (κ2) is 19.6. The summed E-state index contributed by atoms with van der Waals surface area (Å²) in [6.07, 6.45) is 6.86. The molecule has 188 valence electrons. The van der Waals surface area contributed by atoms with Gasteiger partial charge in [0.2, 0.25) is 0 Å². The van der Waals surface area contributed by atoms with Gasteiger partial charge in [-0.25, -0.2) is 10.1 Å². The van der Waals surface area contributed by atoms with Crippen molar-refractivity contribution >= 4 is 47.0 Å². The number of carbonyl (C=O) groups is 1. The molecule has 0 unspecified atom stereocenters. The van der Waals surface area contributed by atoms with E-state index in [1.807, 2.05) is 0 Å². The summed E-state index contributed by atoms with van der Waals surface area (Å²) < 4.78 is 28.6. The van der Waals surface area contributed by atoms with Gasteiger partial charge in [0.05, 0.1) is 17.9 Å². The van der Waals surface area contributed by atoms with Crippen LogP contribution in [0.25, 0.3) is 5.57 Å². The summed E-state index contributed by atoms with van der Waals surface area (Å²) >= 11 is 6.98. The van der Waals surface area contributed by atoms with Gasteiger partial charge in [0, 0.05) is 18.0 Å². The van der Waals surface area contributed by atoms with Crippen LogP contribution in [0.2, 0.25) is 5.15 Å². The number of alkyl halides is 2. The van der Waals surface area contributed by atoms with Gasteiger partial charge in [0.25, 0.3) is 0 Å². The van der Waals surface area contributed by atoms with E-state index in [1.165, 1.54) is 43.8 Å². The van der Waals surface area contributed by atoms with Crippen LogP contribution < -0.4 is 28.9 Å². The van der Waals surface area contributed by atoms with Gasteiger partial charge in [-0.1, -0.05) is 29.5 Å². The summed E-state index contributed by atoms with van der Waals surface area (Å²) in [6, 6.07) is 1.12. The van der Waals surface area contributed by atoms with E-state index in [4.69, 9.17) is 18.2 Å². The number of amides is 1. The molecule has 1 aliphatic rings. The van der Waals surface area contributed by atoms with Crippen LogP contribution in [0.4, 0.5) is 8.78 Å². The number of nitrogens with zero attached hydrogens (tertiary/aromatic N) is 3. The van der Waals surface area contributed by atoms with E-state index in [0.717, 1.165) is 17.3 Å². The third kappa shape index (κ3) is 14.8. The van der Waals surface area contributed by atoms with E-state index in [0.29, 0.717) is 12.0 Å². The minimum Gasteiger partial charge on any atom is -0.447 e. The topological polar surface area (TPSA) is 111 Å². The van der Waals surface area contributed by atoms with Crippen molar-refractivity contribution in [1.29, 1.82) is 0 Å². The molecular formula is C22H16ClF2LiN4NiO4S-2. The van der Waals surface area contributed by atoms with Crippen LogP contribution in [0.3, 0.4) is 0 Å². The summed E-state index contributed by atoms with van der Waals surface area (Å²) in [7, 11) is 1.54. The Morgan fingerprint density at radius 1 is 1.47 bits per heavy atom. The second-order valence-electron chi connectivity index (χ2n) is 5.99. The molecule has 1 amide bonds. The summed E-state index contributed by atoms with van der Waals surface area (Å²) in [5.74, 6) is 6.06. The molecule has 8 nitrogen and oxygen atoms in total. The first-order chi connectivity index (χ1) is 16.2. The first-order valence-corrected chi connectivity index (χ1v) is 10.4. The van der Waals surface area contributed by atoms with E-state index >= 15 is 0 Å². The van der Waals surface area contributed by atoms with Crippen LogP contribution in [-0.2, 0) is 30.9 Å². The quantitative estimate of drug-likeness (QED) is 0.130. The van der Waals surface area contributed by atoms with Crippen molar-refractivity contribution in [3.63, 3.8) is 0 Å². The summed E-state index contributed by atoms with van der Waals surface area (Å²) in [5.41, 5.74) is 1.87. The molecule has 2 aromatic heterocycles. The first-order valence-electron chi connectivity index (χ1n) is 9.16. The van der Waals surface area contributed by atoms with Crippen molar-refractivity contribution in [3.8, 4) is 17.6 Å². The van der Waals surface area contributed by atoms with Crippen LogP contribution >= 0.6 is 22.9 Å². The van der Waals surface area contributed by atoms with E-state index in [-0.39, 0.29) is 68.9 Å². The third-order valence-electron chi connectivity index (χ3n) is 3.51. The zero-order valence-corrected chi connectivity index (χ0v) is 21.5. The number of halogens is 3. The van der Waals surface area contributed by atoms with Crippen LogP contribution in [0.15, 0.2) is 23.9 Å². The Balaban J connectivity index is 0. The van der Waals surface area contributed by atoms with Gasteiger partial charge < -0.3 is 53.8 Å². The molecule has 0 saturated heterocycles. The molecular weight excluding hydrogens is 555 g/mol. The molecule has 0 aromatic carbocycles. The average Bonchev–Trinajstić information content (AvgIpc) is 3.50. The summed E-state index contributed by atoms with van der Waals surface area (Å²) in [6.45, 7) is 5.47. The van der Waals surface area contributed by atoms with E-state index in [2.05, 4.69) is 49.5 Å². The molecule has 14 heteroatoms. The number of carbonyl (C=O) groups excluding carboxylic acids is 3. The number of aromatic nitrogens is 3. The molecule has 2 heterocycles. The Labute approximate surface area is 238 Å². The maximum atomic E-state index is 12.2. The fourth-order valence-corrected chi connectivity index (χ4v) is 2.29. The van der Waals surface area contributed by atoms with Crippen LogP contribution in [0.1, 0.15) is 23.4 Å². The maximum Gasteiger partial charge on any atom is 2.00 e. The molecule has 1 fully saturated rings. The van der Waals surface area contributed by atoms with E-state index in [1.54, 1.807) is 0 Å². The minimum absolute atomic E-state index is 0. The number of rotatable bonds is 6. The fourth-order valence-electron chi connectivity index (χ4n) is 1.78. The van der Waals surface area contributed by atoms with Gasteiger partial charge in [0.1, 0.15) is 5.15 Å².